The first-order chi connectivity index (χ1) is 17.4. The Morgan fingerprint density at radius 3 is 2.53 bits per heavy atom. The maximum atomic E-state index is 12.2. The molecule has 3 aliphatic heterocycles. The van der Waals surface area contributed by atoms with Gasteiger partial charge < -0.3 is 10.0 Å². The Balaban J connectivity index is 0.000000149. The van der Waals surface area contributed by atoms with Crippen LogP contribution in [-0.2, 0) is 16.1 Å². The fourth-order valence-corrected chi connectivity index (χ4v) is 5.65. The zero-order valence-electron chi connectivity index (χ0n) is 20.7. The molecule has 1 saturated carbocycles. The number of nitrogens with one attached hydrogen (secondary N) is 1. The molecule has 9 nitrogen and oxygen atoms in total. The Kier molecular flexibility index (Phi) is 7.00. The summed E-state index contributed by atoms with van der Waals surface area (Å²) in [6, 6.07) is 6.74. The molecular weight excluding hydrogens is 458 g/mol. The summed E-state index contributed by atoms with van der Waals surface area (Å²) in [4.78, 5) is 48.1. The number of hydrogen-bond acceptors (Lipinski definition) is 7. The summed E-state index contributed by atoms with van der Waals surface area (Å²) < 4.78 is 0. The van der Waals surface area contributed by atoms with E-state index >= 15 is 0 Å². The molecule has 0 bridgehead atoms. The van der Waals surface area contributed by atoms with Gasteiger partial charge in [0.05, 0.1) is 0 Å². The van der Waals surface area contributed by atoms with Crippen molar-refractivity contribution in [2.24, 2.45) is 0 Å². The third kappa shape index (κ3) is 5.11. The van der Waals surface area contributed by atoms with Gasteiger partial charge >= 0.3 is 0 Å². The van der Waals surface area contributed by atoms with Crippen LogP contribution in [0.5, 0.6) is 5.75 Å². The number of aryl methyl sites for hydroxylation is 1. The van der Waals surface area contributed by atoms with Crippen molar-refractivity contribution in [2.45, 2.75) is 76.4 Å². The van der Waals surface area contributed by atoms with Gasteiger partial charge in [0.15, 0.2) is 0 Å². The molecule has 36 heavy (non-hydrogen) atoms. The van der Waals surface area contributed by atoms with Gasteiger partial charge in [-0.2, -0.15) is 0 Å². The predicted octanol–water partition coefficient (Wildman–Crippen LogP) is 2.67. The van der Waals surface area contributed by atoms with Crippen LogP contribution in [0.1, 0.15) is 78.3 Å². The van der Waals surface area contributed by atoms with Crippen molar-refractivity contribution < 1.29 is 19.5 Å². The predicted molar refractivity (Wildman–Crippen MR) is 132 cm³/mol. The molecule has 1 atom stereocenters. The Bertz CT molecular complexity index is 1160. The molecule has 1 aromatic heterocycles. The highest BCUT2D eigenvalue weighted by molar-refractivity contribution is 6.05. The summed E-state index contributed by atoms with van der Waals surface area (Å²) in [7, 11) is 0. The SMILES string of the molecule is Cc1ccnc(C2CN(C3CCCCC3)C2)n1.O=C1CCC(N2Cc3cc(O)ccc3C2=O)C(=O)N1. The van der Waals surface area contributed by atoms with Crippen LogP contribution >= 0.6 is 0 Å². The fraction of sp³-hybridized carbons (Fsp3) is 0.519. The minimum absolute atomic E-state index is 0.0941. The monoisotopic (exact) mass is 491 g/mol. The molecule has 0 radical (unpaired) electrons. The van der Waals surface area contributed by atoms with E-state index in [9.17, 15) is 19.5 Å². The first-order valence-electron chi connectivity index (χ1n) is 12.9. The largest absolute Gasteiger partial charge is 0.508 e. The van der Waals surface area contributed by atoms with Gasteiger partial charge in [-0.3, -0.25) is 24.6 Å². The zero-order chi connectivity index (χ0) is 25.2. The van der Waals surface area contributed by atoms with E-state index in [2.05, 4.69) is 20.2 Å². The molecule has 6 rings (SSSR count). The number of benzene rings is 1. The van der Waals surface area contributed by atoms with Gasteiger partial charge in [-0.25, -0.2) is 9.97 Å². The molecule has 2 saturated heterocycles. The first-order valence-corrected chi connectivity index (χ1v) is 12.9. The number of aromatic nitrogens is 2. The zero-order valence-corrected chi connectivity index (χ0v) is 20.7. The molecule has 4 heterocycles. The second-order valence-corrected chi connectivity index (χ2v) is 10.2. The van der Waals surface area contributed by atoms with Gasteiger partial charge in [-0.05, 0) is 56.0 Å². The number of imide groups is 1. The highest BCUT2D eigenvalue weighted by Crippen LogP contribution is 2.32. The van der Waals surface area contributed by atoms with E-state index in [0.717, 1.165) is 17.6 Å². The second-order valence-electron chi connectivity index (χ2n) is 10.2. The lowest BCUT2D eigenvalue weighted by Crippen LogP contribution is -2.52. The van der Waals surface area contributed by atoms with E-state index in [1.807, 2.05) is 19.2 Å². The van der Waals surface area contributed by atoms with E-state index in [-0.39, 0.29) is 30.5 Å². The lowest BCUT2D eigenvalue weighted by atomic mass is 9.88. The van der Waals surface area contributed by atoms with Crippen LogP contribution in [0, 0.1) is 6.92 Å². The maximum Gasteiger partial charge on any atom is 0.255 e. The minimum Gasteiger partial charge on any atom is -0.508 e. The van der Waals surface area contributed by atoms with Crippen molar-refractivity contribution in [1.82, 2.24) is 25.1 Å². The van der Waals surface area contributed by atoms with Crippen molar-refractivity contribution >= 4 is 17.7 Å². The molecule has 4 aliphatic rings. The first kappa shape index (κ1) is 24.4. The highest BCUT2D eigenvalue weighted by atomic mass is 16.3. The van der Waals surface area contributed by atoms with Crippen LogP contribution < -0.4 is 5.32 Å². The molecule has 1 aliphatic carbocycles. The number of nitrogens with zero attached hydrogens (tertiary/aromatic N) is 4. The van der Waals surface area contributed by atoms with Crippen molar-refractivity contribution in [3.63, 3.8) is 0 Å². The van der Waals surface area contributed by atoms with Gasteiger partial charge in [0, 0.05) is 55.5 Å². The molecule has 3 fully saturated rings. The number of fused-ring (bicyclic) bond motifs is 1. The number of aromatic hydroxyl groups is 1. The summed E-state index contributed by atoms with van der Waals surface area (Å²) in [5, 5.41) is 11.7. The second kappa shape index (κ2) is 10.3. The summed E-state index contributed by atoms with van der Waals surface area (Å²) in [5.41, 5.74) is 2.29. The summed E-state index contributed by atoms with van der Waals surface area (Å²) in [6.45, 7) is 4.68. The van der Waals surface area contributed by atoms with Gasteiger partial charge in [0.25, 0.3) is 5.91 Å². The number of likely N-dealkylation sites (tertiary alicyclic amines) is 1. The van der Waals surface area contributed by atoms with E-state index in [4.69, 9.17) is 0 Å². The van der Waals surface area contributed by atoms with Gasteiger partial charge in [-0.15, -0.1) is 0 Å². The van der Waals surface area contributed by atoms with Crippen LogP contribution in [0.2, 0.25) is 0 Å². The summed E-state index contributed by atoms with van der Waals surface area (Å²) in [6.07, 6.45) is 9.57. The molecule has 1 aromatic carbocycles. The number of carbonyl (C=O) groups excluding carboxylic acids is 3. The number of phenols is 1. The number of carbonyl (C=O) groups is 3. The lowest BCUT2D eigenvalue weighted by Gasteiger charge is -2.45. The van der Waals surface area contributed by atoms with Crippen LogP contribution in [0.15, 0.2) is 30.5 Å². The van der Waals surface area contributed by atoms with Crippen molar-refractivity contribution in [3.05, 3.63) is 53.1 Å². The van der Waals surface area contributed by atoms with E-state index in [0.29, 0.717) is 23.5 Å². The minimum atomic E-state index is -0.611. The molecule has 1 unspecified atom stereocenters. The molecule has 3 amide bonds. The Labute approximate surface area is 210 Å². The molecule has 0 spiro atoms. The average molecular weight is 492 g/mol. The standard InChI is InChI=1S/C14H21N3.C13H12N2O4/c1-11-7-8-15-14(16-11)12-9-17(10-12)13-5-3-2-4-6-13;16-8-1-2-9-7(5-8)6-15(13(9)19)10-3-4-11(17)14-12(10)18/h7-8,12-13H,2-6,9-10H2,1H3;1-2,5,10,16H,3-4,6H2,(H,14,17,18). The topological polar surface area (TPSA) is 116 Å². The van der Waals surface area contributed by atoms with E-state index < -0.39 is 11.9 Å². The third-order valence-corrected chi connectivity index (χ3v) is 7.69. The Morgan fingerprint density at radius 2 is 1.81 bits per heavy atom. The van der Waals surface area contributed by atoms with Crippen LogP contribution in [0.25, 0.3) is 0 Å². The van der Waals surface area contributed by atoms with E-state index in [1.54, 1.807) is 6.07 Å². The molecule has 2 N–H and O–H groups in total. The number of rotatable bonds is 3. The van der Waals surface area contributed by atoms with Crippen LogP contribution in [-0.4, -0.2) is 67.8 Å². The fourth-order valence-electron chi connectivity index (χ4n) is 5.65. The number of phenolic OH excluding ortho intramolecular Hbond substituents is 1. The summed E-state index contributed by atoms with van der Waals surface area (Å²) in [5.74, 6) is 0.764. The van der Waals surface area contributed by atoms with Crippen molar-refractivity contribution in [3.8, 4) is 5.75 Å². The molecule has 2 aromatic rings. The van der Waals surface area contributed by atoms with Crippen molar-refractivity contribution in [1.29, 1.82) is 0 Å². The molecular formula is C27H33N5O4. The Hall–Kier alpha value is -3.33. The maximum absolute atomic E-state index is 12.2. The number of hydrogen-bond donors (Lipinski definition) is 2. The van der Waals surface area contributed by atoms with Crippen LogP contribution in [0.3, 0.4) is 0 Å². The van der Waals surface area contributed by atoms with Crippen LogP contribution in [0.4, 0.5) is 0 Å². The highest BCUT2D eigenvalue weighted by Gasteiger charge is 2.39. The normalized spacial score (nSPS) is 23.0. The molecule has 190 valence electrons. The van der Waals surface area contributed by atoms with Gasteiger partial charge in [0.2, 0.25) is 11.8 Å². The quantitative estimate of drug-likeness (QED) is 0.634. The van der Waals surface area contributed by atoms with Gasteiger partial charge in [-0.1, -0.05) is 19.3 Å². The number of piperidine rings is 1. The molecule has 9 heteroatoms. The number of amides is 3. The van der Waals surface area contributed by atoms with E-state index in [1.165, 1.54) is 62.2 Å². The van der Waals surface area contributed by atoms with Crippen molar-refractivity contribution in [2.75, 3.05) is 13.1 Å². The third-order valence-electron chi connectivity index (χ3n) is 7.69. The lowest BCUT2D eigenvalue weighted by molar-refractivity contribution is -0.136. The smallest absolute Gasteiger partial charge is 0.255 e. The van der Waals surface area contributed by atoms with Gasteiger partial charge in [0.1, 0.15) is 17.6 Å². The Morgan fingerprint density at radius 1 is 1.03 bits per heavy atom. The summed E-state index contributed by atoms with van der Waals surface area (Å²) >= 11 is 0. The average Bonchev–Trinajstić information content (AvgIpc) is 3.14.